The zero-order valence-corrected chi connectivity index (χ0v) is 16.5. The Balaban J connectivity index is 1.90. The summed E-state index contributed by atoms with van der Waals surface area (Å²) in [5.74, 6) is 0.417. The van der Waals surface area contributed by atoms with Gasteiger partial charge in [-0.3, -0.25) is 9.59 Å². The Labute approximate surface area is 166 Å². The monoisotopic (exact) mass is 381 g/mol. The predicted molar refractivity (Wildman–Crippen MR) is 114 cm³/mol. The maximum absolute atomic E-state index is 12.2. The van der Waals surface area contributed by atoms with E-state index in [9.17, 15) is 9.59 Å². The van der Waals surface area contributed by atoms with Crippen molar-refractivity contribution in [1.29, 1.82) is 0 Å². The first kappa shape index (κ1) is 21.0. The predicted octanol–water partition coefficient (Wildman–Crippen LogP) is 4.29. The molecule has 2 amide bonds. The summed E-state index contributed by atoms with van der Waals surface area (Å²) >= 11 is 0. The van der Waals surface area contributed by atoms with Crippen LogP contribution in [0.15, 0.2) is 61.2 Å². The average Bonchev–Trinajstić information content (AvgIpc) is 2.64. The second kappa shape index (κ2) is 9.60. The van der Waals surface area contributed by atoms with Crippen molar-refractivity contribution >= 4 is 28.9 Å². The van der Waals surface area contributed by atoms with E-state index in [-0.39, 0.29) is 18.4 Å². The van der Waals surface area contributed by atoms with E-state index in [1.54, 1.807) is 30.3 Å². The summed E-state index contributed by atoms with van der Waals surface area (Å²) in [7, 11) is 0. The van der Waals surface area contributed by atoms with Crippen molar-refractivity contribution in [3.63, 3.8) is 0 Å². The van der Waals surface area contributed by atoms with Gasteiger partial charge in [-0.05, 0) is 30.3 Å². The van der Waals surface area contributed by atoms with Gasteiger partial charge in [-0.25, -0.2) is 0 Å². The van der Waals surface area contributed by atoms with Crippen molar-refractivity contribution in [2.45, 2.75) is 20.8 Å². The number of anilines is 3. The molecule has 2 aromatic rings. The SMILES string of the molecule is C=CCOc1cccc(NCC(=O)Nc2cccc(NC(=O)C(C)(C)C)c2)c1. The molecule has 0 saturated carbocycles. The lowest BCUT2D eigenvalue weighted by molar-refractivity contribution is -0.123. The lowest BCUT2D eigenvalue weighted by Gasteiger charge is -2.18. The van der Waals surface area contributed by atoms with Gasteiger partial charge < -0.3 is 20.7 Å². The molecule has 0 spiro atoms. The van der Waals surface area contributed by atoms with Gasteiger partial charge in [0, 0.05) is 28.5 Å². The second-order valence-corrected chi connectivity index (χ2v) is 7.31. The van der Waals surface area contributed by atoms with Gasteiger partial charge in [0.05, 0.1) is 6.54 Å². The molecule has 0 saturated heterocycles. The standard InChI is InChI=1S/C22H27N3O3/c1-5-12-28-19-11-7-8-16(14-19)23-15-20(26)24-17-9-6-10-18(13-17)25-21(27)22(2,3)4/h5-11,13-14,23H,1,12,15H2,2-4H3,(H,24,26)(H,25,27). The number of nitrogens with one attached hydrogen (secondary N) is 3. The summed E-state index contributed by atoms with van der Waals surface area (Å²) in [4.78, 5) is 24.3. The summed E-state index contributed by atoms with van der Waals surface area (Å²) in [6.07, 6.45) is 1.67. The van der Waals surface area contributed by atoms with Crippen molar-refractivity contribution < 1.29 is 14.3 Å². The molecular formula is C22H27N3O3. The molecule has 0 aliphatic rings. The van der Waals surface area contributed by atoms with E-state index >= 15 is 0 Å². The summed E-state index contributed by atoms with van der Waals surface area (Å²) in [6, 6.07) is 14.4. The van der Waals surface area contributed by atoms with E-state index in [1.165, 1.54) is 0 Å². The summed E-state index contributed by atoms with van der Waals surface area (Å²) < 4.78 is 5.47. The maximum atomic E-state index is 12.2. The van der Waals surface area contributed by atoms with E-state index in [0.29, 0.717) is 23.7 Å². The first-order chi connectivity index (χ1) is 13.3. The van der Waals surface area contributed by atoms with Gasteiger partial charge in [0.25, 0.3) is 0 Å². The third-order valence-electron chi connectivity index (χ3n) is 3.74. The molecule has 3 N–H and O–H groups in total. The Kier molecular flexibility index (Phi) is 7.21. The molecule has 0 heterocycles. The minimum Gasteiger partial charge on any atom is -0.489 e. The molecule has 0 aliphatic heterocycles. The fraction of sp³-hybridized carbons (Fsp3) is 0.273. The van der Waals surface area contributed by atoms with Gasteiger partial charge in [0.1, 0.15) is 12.4 Å². The molecule has 0 radical (unpaired) electrons. The van der Waals surface area contributed by atoms with Crippen LogP contribution in [0.5, 0.6) is 5.75 Å². The molecule has 0 aromatic heterocycles. The third-order valence-corrected chi connectivity index (χ3v) is 3.74. The van der Waals surface area contributed by atoms with Gasteiger partial charge in [-0.1, -0.05) is 45.6 Å². The molecule has 6 heteroatoms. The number of carbonyl (C=O) groups excluding carboxylic acids is 2. The van der Waals surface area contributed by atoms with E-state index in [0.717, 1.165) is 5.69 Å². The molecule has 2 aromatic carbocycles. The van der Waals surface area contributed by atoms with Gasteiger partial charge in [-0.2, -0.15) is 0 Å². The van der Waals surface area contributed by atoms with Crippen molar-refractivity contribution in [2.24, 2.45) is 5.41 Å². The highest BCUT2D eigenvalue weighted by atomic mass is 16.5. The van der Waals surface area contributed by atoms with Crippen LogP contribution in [0, 0.1) is 5.41 Å². The van der Waals surface area contributed by atoms with Crippen LogP contribution in [-0.4, -0.2) is 25.0 Å². The number of amides is 2. The fourth-order valence-corrected chi connectivity index (χ4v) is 2.23. The maximum Gasteiger partial charge on any atom is 0.243 e. The van der Waals surface area contributed by atoms with Crippen LogP contribution in [0.4, 0.5) is 17.1 Å². The van der Waals surface area contributed by atoms with Crippen LogP contribution < -0.4 is 20.7 Å². The van der Waals surface area contributed by atoms with Gasteiger partial charge in [-0.15, -0.1) is 0 Å². The van der Waals surface area contributed by atoms with Crippen molar-refractivity contribution in [2.75, 3.05) is 29.1 Å². The molecule has 148 valence electrons. The van der Waals surface area contributed by atoms with Crippen LogP contribution in [-0.2, 0) is 9.59 Å². The Morgan fingerprint density at radius 1 is 1.00 bits per heavy atom. The molecule has 6 nitrogen and oxygen atoms in total. The highest BCUT2D eigenvalue weighted by molar-refractivity contribution is 5.97. The summed E-state index contributed by atoms with van der Waals surface area (Å²) in [6.45, 7) is 9.67. The Morgan fingerprint density at radius 3 is 2.32 bits per heavy atom. The smallest absolute Gasteiger partial charge is 0.243 e. The molecule has 0 aliphatic carbocycles. The average molecular weight is 381 g/mol. The number of carbonyl (C=O) groups is 2. The zero-order valence-electron chi connectivity index (χ0n) is 16.5. The van der Waals surface area contributed by atoms with E-state index in [1.807, 2.05) is 45.0 Å². The number of ether oxygens (including phenoxy) is 1. The fourth-order valence-electron chi connectivity index (χ4n) is 2.23. The summed E-state index contributed by atoms with van der Waals surface area (Å²) in [5, 5.41) is 8.73. The van der Waals surface area contributed by atoms with E-state index < -0.39 is 5.41 Å². The lowest BCUT2D eigenvalue weighted by atomic mass is 9.95. The van der Waals surface area contributed by atoms with Crippen LogP contribution in [0.3, 0.4) is 0 Å². The van der Waals surface area contributed by atoms with Crippen molar-refractivity contribution in [1.82, 2.24) is 0 Å². The van der Waals surface area contributed by atoms with Crippen LogP contribution in [0.2, 0.25) is 0 Å². The lowest BCUT2D eigenvalue weighted by Crippen LogP contribution is -2.27. The van der Waals surface area contributed by atoms with Crippen LogP contribution in [0.1, 0.15) is 20.8 Å². The first-order valence-corrected chi connectivity index (χ1v) is 9.07. The Morgan fingerprint density at radius 2 is 1.64 bits per heavy atom. The normalized spacial score (nSPS) is 10.7. The van der Waals surface area contributed by atoms with E-state index in [4.69, 9.17) is 4.74 Å². The molecule has 0 atom stereocenters. The molecule has 0 bridgehead atoms. The Bertz CT molecular complexity index is 841. The number of rotatable bonds is 8. The van der Waals surface area contributed by atoms with Gasteiger partial charge >= 0.3 is 0 Å². The zero-order chi connectivity index (χ0) is 20.6. The highest BCUT2D eigenvalue weighted by Crippen LogP contribution is 2.20. The topological polar surface area (TPSA) is 79.5 Å². The number of benzene rings is 2. The Hall–Kier alpha value is -3.28. The molecule has 0 fully saturated rings. The highest BCUT2D eigenvalue weighted by Gasteiger charge is 2.21. The minimum atomic E-state index is -0.493. The molecule has 2 rings (SSSR count). The first-order valence-electron chi connectivity index (χ1n) is 9.07. The van der Waals surface area contributed by atoms with Gasteiger partial charge in [0.15, 0.2) is 0 Å². The van der Waals surface area contributed by atoms with Crippen LogP contribution >= 0.6 is 0 Å². The molecule has 0 unspecified atom stereocenters. The van der Waals surface area contributed by atoms with Crippen molar-refractivity contribution in [3.05, 3.63) is 61.2 Å². The minimum absolute atomic E-state index is 0.0869. The third kappa shape index (κ3) is 6.79. The largest absolute Gasteiger partial charge is 0.489 e. The van der Waals surface area contributed by atoms with Gasteiger partial charge in [0.2, 0.25) is 11.8 Å². The second-order valence-electron chi connectivity index (χ2n) is 7.31. The van der Waals surface area contributed by atoms with Crippen molar-refractivity contribution in [3.8, 4) is 5.75 Å². The summed E-state index contributed by atoms with van der Waals surface area (Å²) in [5.41, 5.74) is 1.54. The van der Waals surface area contributed by atoms with Crippen LogP contribution in [0.25, 0.3) is 0 Å². The quantitative estimate of drug-likeness (QED) is 0.596. The van der Waals surface area contributed by atoms with E-state index in [2.05, 4.69) is 22.5 Å². The molecular weight excluding hydrogens is 354 g/mol. The number of hydrogen-bond donors (Lipinski definition) is 3. The number of hydrogen-bond acceptors (Lipinski definition) is 4. The molecule has 28 heavy (non-hydrogen) atoms.